The van der Waals surface area contributed by atoms with Crippen molar-refractivity contribution in [1.29, 1.82) is 0 Å². The molecule has 3 aromatic rings. The molecule has 0 N–H and O–H groups in total. The second kappa shape index (κ2) is 12.4. The number of pyridine rings is 1. The molecule has 0 aliphatic carbocycles. The van der Waals surface area contributed by atoms with Gasteiger partial charge in [0, 0.05) is 25.4 Å². The highest BCUT2D eigenvalue weighted by molar-refractivity contribution is 5.69. The van der Waals surface area contributed by atoms with Crippen LogP contribution in [0.1, 0.15) is 36.0 Å². The van der Waals surface area contributed by atoms with Gasteiger partial charge in [0.05, 0.1) is 17.9 Å². The monoisotopic (exact) mass is 559 g/mol. The van der Waals surface area contributed by atoms with Crippen molar-refractivity contribution in [2.75, 3.05) is 6.61 Å². The van der Waals surface area contributed by atoms with Gasteiger partial charge in [-0.3, -0.25) is 0 Å². The van der Waals surface area contributed by atoms with E-state index < -0.39 is 11.9 Å². The standard InChI is InChI=1S/C33H29F4N3O/c1-21-6-5-7-27(31(21)35)33-38-29-15-16-40(20-30(29)39-33)19-23-9-11-24(12-10-23)26-14-13-25(18-22(26)2)41-17-4-3-8-28(34)32(36)37/h5-7,9-16,18,20H,3-4,8,17,19H2,1-2H3. The van der Waals surface area contributed by atoms with Gasteiger partial charge in [0.1, 0.15) is 17.3 Å². The minimum atomic E-state index is -2.25. The fourth-order valence-electron chi connectivity index (χ4n) is 4.71. The smallest absolute Gasteiger partial charge is 0.301 e. The van der Waals surface area contributed by atoms with Crippen molar-refractivity contribution in [1.82, 2.24) is 14.5 Å². The van der Waals surface area contributed by atoms with Crippen LogP contribution in [0.25, 0.3) is 33.9 Å². The van der Waals surface area contributed by atoms with Crippen LogP contribution >= 0.6 is 0 Å². The quantitative estimate of drug-likeness (QED) is 0.127. The molecule has 0 bridgehead atoms. The lowest BCUT2D eigenvalue weighted by Crippen LogP contribution is -2.01. The average Bonchev–Trinajstić information content (AvgIpc) is 3.38. The molecule has 5 rings (SSSR count). The van der Waals surface area contributed by atoms with E-state index in [1.54, 1.807) is 25.1 Å². The molecule has 4 nitrogen and oxygen atoms in total. The third-order valence-electron chi connectivity index (χ3n) is 6.95. The molecule has 8 heteroatoms. The zero-order valence-electron chi connectivity index (χ0n) is 22.8. The van der Waals surface area contributed by atoms with Gasteiger partial charge in [0.15, 0.2) is 11.7 Å². The Balaban J connectivity index is 1.21. The minimum absolute atomic E-state index is 0.273. The number of aromatic nitrogens is 3. The molecule has 0 atom stereocenters. The first-order chi connectivity index (χ1) is 19.8. The number of hydrogen-bond donors (Lipinski definition) is 0. The van der Waals surface area contributed by atoms with Crippen LogP contribution < -0.4 is 4.74 Å². The molecule has 0 aromatic heterocycles. The van der Waals surface area contributed by atoms with Gasteiger partial charge in [-0.2, -0.15) is 8.78 Å². The molecule has 0 radical (unpaired) electrons. The van der Waals surface area contributed by atoms with Crippen LogP contribution in [0.2, 0.25) is 0 Å². The maximum Gasteiger partial charge on any atom is 0.301 e. The first-order valence-corrected chi connectivity index (χ1v) is 13.4. The minimum Gasteiger partial charge on any atom is -0.494 e. The van der Waals surface area contributed by atoms with E-state index in [1.807, 2.05) is 48.1 Å². The van der Waals surface area contributed by atoms with Crippen LogP contribution in [0, 0.1) is 19.7 Å². The summed E-state index contributed by atoms with van der Waals surface area (Å²) < 4.78 is 59.4. The number of fused-ring (bicyclic) bond motifs is 1. The van der Waals surface area contributed by atoms with Crippen LogP contribution in [0.4, 0.5) is 17.6 Å². The molecule has 0 amide bonds. The highest BCUT2D eigenvalue weighted by atomic mass is 19.3. The number of allylic oxidation sites excluding steroid dienone is 1. The third kappa shape index (κ3) is 6.65. The van der Waals surface area contributed by atoms with E-state index in [0.29, 0.717) is 60.1 Å². The van der Waals surface area contributed by atoms with Crippen LogP contribution in [0.15, 0.2) is 91.0 Å². The number of halogens is 4. The second-order valence-electron chi connectivity index (χ2n) is 10.0. The van der Waals surface area contributed by atoms with Gasteiger partial charge in [-0.25, -0.2) is 18.7 Å². The molecule has 0 saturated heterocycles. The zero-order chi connectivity index (χ0) is 28.9. The van der Waals surface area contributed by atoms with E-state index in [-0.39, 0.29) is 12.2 Å². The fraction of sp³-hybridized carbons (Fsp3) is 0.212. The van der Waals surface area contributed by atoms with E-state index in [2.05, 4.69) is 34.2 Å². The highest BCUT2D eigenvalue weighted by Crippen LogP contribution is 2.29. The van der Waals surface area contributed by atoms with E-state index in [1.165, 1.54) is 0 Å². The van der Waals surface area contributed by atoms with Crippen molar-refractivity contribution < 1.29 is 22.3 Å². The summed E-state index contributed by atoms with van der Waals surface area (Å²) in [5.41, 5.74) is 6.67. The van der Waals surface area contributed by atoms with Crippen molar-refractivity contribution in [3.63, 3.8) is 0 Å². The zero-order valence-corrected chi connectivity index (χ0v) is 22.8. The Morgan fingerprint density at radius 3 is 2.37 bits per heavy atom. The average molecular weight is 560 g/mol. The first kappa shape index (κ1) is 28.1. The van der Waals surface area contributed by atoms with Gasteiger partial charge >= 0.3 is 6.08 Å². The first-order valence-electron chi connectivity index (χ1n) is 13.4. The van der Waals surface area contributed by atoms with Gasteiger partial charge in [0.2, 0.25) is 0 Å². The molecular formula is C33H29F4N3O. The fourth-order valence-corrected chi connectivity index (χ4v) is 4.71. The summed E-state index contributed by atoms with van der Waals surface area (Å²) in [7, 11) is 0. The Kier molecular flexibility index (Phi) is 8.47. The van der Waals surface area contributed by atoms with Gasteiger partial charge in [-0.05, 0) is 78.8 Å². The number of unbranched alkanes of at least 4 members (excludes halogenated alkanes) is 1. The van der Waals surface area contributed by atoms with Crippen molar-refractivity contribution in [3.8, 4) is 39.7 Å². The molecular weight excluding hydrogens is 530 g/mol. The lowest BCUT2D eigenvalue weighted by atomic mass is 9.99. The lowest BCUT2D eigenvalue weighted by Gasteiger charge is -2.12. The summed E-state index contributed by atoms with van der Waals surface area (Å²) >= 11 is 0. The molecule has 0 saturated carbocycles. The van der Waals surface area contributed by atoms with Crippen LogP contribution in [0.3, 0.4) is 0 Å². The predicted molar refractivity (Wildman–Crippen MR) is 152 cm³/mol. The summed E-state index contributed by atoms with van der Waals surface area (Å²) in [6.45, 7) is 4.70. The van der Waals surface area contributed by atoms with Gasteiger partial charge < -0.3 is 9.30 Å². The molecule has 41 heavy (non-hydrogen) atoms. The van der Waals surface area contributed by atoms with Crippen LogP contribution in [-0.2, 0) is 6.54 Å². The third-order valence-corrected chi connectivity index (χ3v) is 6.95. The molecule has 210 valence electrons. The van der Waals surface area contributed by atoms with Gasteiger partial charge in [-0.15, -0.1) is 0 Å². The van der Waals surface area contributed by atoms with E-state index >= 15 is 0 Å². The molecule has 0 spiro atoms. The van der Waals surface area contributed by atoms with Gasteiger partial charge in [-0.1, -0.05) is 42.5 Å². The van der Waals surface area contributed by atoms with Crippen molar-refractivity contribution >= 4 is 0 Å². The Labute approximate surface area is 236 Å². The Bertz CT molecular complexity index is 1660. The summed E-state index contributed by atoms with van der Waals surface area (Å²) in [4.78, 5) is 9.09. The maximum atomic E-state index is 14.6. The largest absolute Gasteiger partial charge is 0.494 e. The van der Waals surface area contributed by atoms with E-state index in [0.717, 1.165) is 22.3 Å². The normalized spacial score (nSPS) is 11.2. The number of ether oxygens (including phenoxy) is 1. The number of nitrogens with zero attached hydrogens (tertiary/aromatic N) is 3. The molecule has 2 aliphatic rings. The second-order valence-corrected chi connectivity index (χ2v) is 10.0. The molecule has 3 aromatic carbocycles. The van der Waals surface area contributed by atoms with Crippen LogP contribution in [-0.4, -0.2) is 21.1 Å². The number of benzene rings is 3. The number of aryl methyl sites for hydroxylation is 2. The number of rotatable bonds is 10. The Hall–Kier alpha value is -4.46. The van der Waals surface area contributed by atoms with Crippen LogP contribution in [0.5, 0.6) is 5.75 Å². The van der Waals surface area contributed by atoms with E-state index in [4.69, 9.17) is 4.74 Å². The van der Waals surface area contributed by atoms with Crippen molar-refractivity contribution in [3.05, 3.63) is 114 Å². The number of imidazole rings is 1. The summed E-state index contributed by atoms with van der Waals surface area (Å²) in [5.74, 6) is -0.582. The van der Waals surface area contributed by atoms with E-state index in [9.17, 15) is 17.6 Å². The highest BCUT2D eigenvalue weighted by Gasteiger charge is 2.16. The Morgan fingerprint density at radius 2 is 1.61 bits per heavy atom. The maximum absolute atomic E-state index is 14.6. The summed E-state index contributed by atoms with van der Waals surface area (Å²) in [5, 5.41) is 0. The van der Waals surface area contributed by atoms with Crippen molar-refractivity contribution in [2.45, 2.75) is 39.7 Å². The van der Waals surface area contributed by atoms with Gasteiger partial charge in [0.25, 0.3) is 0 Å². The SMILES string of the molecule is Cc1cc(OCCCCC(F)=C(F)F)ccc1-c1ccc(Cn2ccc3nc(-c4cccc(C)c4F)nc-3c2)cc1. The lowest BCUT2D eigenvalue weighted by molar-refractivity contribution is 0.302. The van der Waals surface area contributed by atoms with Crippen molar-refractivity contribution in [2.24, 2.45) is 0 Å². The molecule has 2 heterocycles. The predicted octanol–water partition coefficient (Wildman–Crippen LogP) is 9.15. The summed E-state index contributed by atoms with van der Waals surface area (Å²) in [6, 6.07) is 21.2. The number of hydrogen-bond acceptors (Lipinski definition) is 3. The Morgan fingerprint density at radius 1 is 0.829 bits per heavy atom. The molecule has 0 fully saturated rings. The molecule has 2 aliphatic heterocycles. The molecule has 0 unspecified atom stereocenters. The summed E-state index contributed by atoms with van der Waals surface area (Å²) in [6.07, 6.45) is 2.13. The topological polar surface area (TPSA) is 39.9 Å².